The van der Waals surface area contributed by atoms with Gasteiger partial charge in [-0.05, 0) is 17.4 Å². The summed E-state index contributed by atoms with van der Waals surface area (Å²) in [5.74, 6) is 0.263. The zero-order valence-electron chi connectivity index (χ0n) is 10.8. The van der Waals surface area contributed by atoms with Gasteiger partial charge in [0.25, 0.3) is 0 Å². The lowest BCUT2D eigenvalue weighted by Crippen LogP contribution is -2.26. The largest absolute Gasteiger partial charge is 0.316 e. The summed E-state index contributed by atoms with van der Waals surface area (Å²) in [6.45, 7) is 4.23. The lowest BCUT2D eigenvalue weighted by atomic mass is 10.1. The molecule has 0 spiro atoms. The maximum absolute atomic E-state index is 12.0. The zero-order valence-corrected chi connectivity index (χ0v) is 12.4. The first-order valence-electron chi connectivity index (χ1n) is 5.98. The molecular formula is C12H16N4OS2. The van der Waals surface area contributed by atoms with E-state index in [0.29, 0.717) is 11.0 Å². The van der Waals surface area contributed by atoms with Crippen LogP contribution < -0.4 is 11.1 Å². The van der Waals surface area contributed by atoms with Crippen molar-refractivity contribution in [1.82, 2.24) is 10.2 Å². The third kappa shape index (κ3) is 3.82. The molecule has 2 aromatic rings. The lowest BCUT2D eigenvalue weighted by Gasteiger charge is -2.07. The van der Waals surface area contributed by atoms with Crippen molar-refractivity contribution < 1.29 is 4.79 Å². The summed E-state index contributed by atoms with van der Waals surface area (Å²) in [5.41, 5.74) is 5.87. The average Bonchev–Trinajstić information content (AvgIpc) is 2.98. The van der Waals surface area contributed by atoms with Crippen LogP contribution in [-0.4, -0.2) is 16.1 Å². The Kier molecular flexibility index (Phi) is 4.62. The third-order valence-corrected chi connectivity index (χ3v) is 4.23. The maximum Gasteiger partial charge on any atom is 0.248 e. The second-order valence-electron chi connectivity index (χ2n) is 4.58. The van der Waals surface area contributed by atoms with Gasteiger partial charge in [0.15, 0.2) is 0 Å². The van der Waals surface area contributed by atoms with Crippen LogP contribution in [0, 0.1) is 5.92 Å². The SMILES string of the molecule is CC(C)Cc1nnc(NC(=O)C(N)c2cccs2)s1. The summed E-state index contributed by atoms with van der Waals surface area (Å²) in [7, 11) is 0. The predicted molar refractivity (Wildman–Crippen MR) is 78.3 cm³/mol. The van der Waals surface area contributed by atoms with E-state index in [1.165, 1.54) is 22.7 Å². The van der Waals surface area contributed by atoms with Crippen molar-refractivity contribution in [3.05, 3.63) is 27.4 Å². The topological polar surface area (TPSA) is 80.9 Å². The fourth-order valence-electron chi connectivity index (χ4n) is 1.52. The monoisotopic (exact) mass is 296 g/mol. The van der Waals surface area contributed by atoms with Crippen LogP contribution in [0.15, 0.2) is 17.5 Å². The van der Waals surface area contributed by atoms with Crippen molar-refractivity contribution in [1.29, 1.82) is 0 Å². The minimum absolute atomic E-state index is 0.255. The number of carbonyl (C=O) groups excluding carboxylic acids is 1. The standard InChI is InChI=1S/C12H16N4OS2/c1-7(2)6-9-15-16-12(19-9)14-11(17)10(13)8-4-3-5-18-8/h3-5,7,10H,6,13H2,1-2H3,(H,14,16,17). The number of rotatable bonds is 5. The summed E-state index contributed by atoms with van der Waals surface area (Å²) in [4.78, 5) is 12.8. The van der Waals surface area contributed by atoms with Crippen LogP contribution in [0.5, 0.6) is 0 Å². The maximum atomic E-state index is 12.0. The Labute approximate surface area is 119 Å². The Hall–Kier alpha value is -1.31. The molecule has 3 N–H and O–H groups in total. The van der Waals surface area contributed by atoms with Gasteiger partial charge in [-0.15, -0.1) is 21.5 Å². The van der Waals surface area contributed by atoms with Crippen LogP contribution in [-0.2, 0) is 11.2 Å². The quantitative estimate of drug-likeness (QED) is 0.888. The van der Waals surface area contributed by atoms with Gasteiger partial charge in [-0.2, -0.15) is 0 Å². The van der Waals surface area contributed by atoms with Crippen LogP contribution in [0.25, 0.3) is 0 Å². The summed E-state index contributed by atoms with van der Waals surface area (Å²) in [6, 6.07) is 3.07. The first kappa shape index (κ1) is 14.1. The van der Waals surface area contributed by atoms with Crippen molar-refractivity contribution in [2.45, 2.75) is 26.3 Å². The van der Waals surface area contributed by atoms with Crippen LogP contribution >= 0.6 is 22.7 Å². The molecule has 0 saturated heterocycles. The highest BCUT2D eigenvalue weighted by Gasteiger charge is 2.18. The fraction of sp³-hybridized carbons (Fsp3) is 0.417. The minimum atomic E-state index is -0.655. The number of anilines is 1. The van der Waals surface area contributed by atoms with Gasteiger partial charge in [0.05, 0.1) is 0 Å². The Morgan fingerprint density at radius 3 is 2.89 bits per heavy atom. The molecule has 0 radical (unpaired) electrons. The van der Waals surface area contributed by atoms with Crippen LogP contribution in [0.3, 0.4) is 0 Å². The highest BCUT2D eigenvalue weighted by Crippen LogP contribution is 2.21. The molecule has 102 valence electrons. The van der Waals surface area contributed by atoms with Crippen molar-refractivity contribution in [2.75, 3.05) is 5.32 Å². The van der Waals surface area contributed by atoms with E-state index in [1.807, 2.05) is 17.5 Å². The van der Waals surface area contributed by atoms with E-state index in [9.17, 15) is 4.79 Å². The summed E-state index contributed by atoms with van der Waals surface area (Å²) >= 11 is 2.86. The Morgan fingerprint density at radius 1 is 1.47 bits per heavy atom. The van der Waals surface area contributed by atoms with Crippen molar-refractivity contribution in [3.8, 4) is 0 Å². The zero-order chi connectivity index (χ0) is 13.8. The Bertz CT molecular complexity index is 536. The van der Waals surface area contributed by atoms with Crippen LogP contribution in [0.2, 0.25) is 0 Å². The van der Waals surface area contributed by atoms with E-state index in [1.54, 1.807) is 0 Å². The molecule has 2 heterocycles. The second kappa shape index (κ2) is 6.23. The molecule has 7 heteroatoms. The number of hydrogen-bond donors (Lipinski definition) is 2. The molecule has 2 aromatic heterocycles. The third-order valence-electron chi connectivity index (χ3n) is 2.41. The van der Waals surface area contributed by atoms with Gasteiger partial charge >= 0.3 is 0 Å². The Morgan fingerprint density at radius 2 is 2.26 bits per heavy atom. The highest BCUT2D eigenvalue weighted by atomic mass is 32.1. The molecule has 1 amide bonds. The molecule has 0 aliphatic rings. The number of hydrogen-bond acceptors (Lipinski definition) is 6. The van der Waals surface area contributed by atoms with E-state index in [2.05, 4.69) is 29.4 Å². The van der Waals surface area contributed by atoms with Gasteiger partial charge in [0.2, 0.25) is 11.0 Å². The number of carbonyl (C=O) groups is 1. The van der Waals surface area contributed by atoms with E-state index in [-0.39, 0.29) is 5.91 Å². The van der Waals surface area contributed by atoms with Gasteiger partial charge in [-0.25, -0.2) is 0 Å². The second-order valence-corrected chi connectivity index (χ2v) is 6.62. The summed E-state index contributed by atoms with van der Waals surface area (Å²) in [5, 5.41) is 14.0. The van der Waals surface area contributed by atoms with E-state index in [4.69, 9.17) is 5.73 Å². The number of amides is 1. The molecule has 0 fully saturated rings. The number of nitrogens with zero attached hydrogens (tertiary/aromatic N) is 2. The van der Waals surface area contributed by atoms with Crippen LogP contribution in [0.4, 0.5) is 5.13 Å². The smallest absolute Gasteiger partial charge is 0.248 e. The molecule has 5 nitrogen and oxygen atoms in total. The molecule has 0 saturated carbocycles. The fourth-order valence-corrected chi connectivity index (χ4v) is 3.20. The van der Waals surface area contributed by atoms with Gasteiger partial charge in [-0.3, -0.25) is 10.1 Å². The number of thiophene rings is 1. The van der Waals surface area contributed by atoms with Crippen molar-refractivity contribution in [3.63, 3.8) is 0 Å². The van der Waals surface area contributed by atoms with Gasteiger partial charge in [-0.1, -0.05) is 31.3 Å². The summed E-state index contributed by atoms with van der Waals surface area (Å²) < 4.78 is 0. The van der Waals surface area contributed by atoms with E-state index >= 15 is 0 Å². The highest BCUT2D eigenvalue weighted by molar-refractivity contribution is 7.15. The Balaban J connectivity index is 1.97. The number of nitrogens with one attached hydrogen (secondary N) is 1. The van der Waals surface area contributed by atoms with Crippen LogP contribution in [0.1, 0.15) is 29.8 Å². The first-order valence-corrected chi connectivity index (χ1v) is 7.68. The molecule has 0 aliphatic carbocycles. The molecule has 2 rings (SSSR count). The van der Waals surface area contributed by atoms with E-state index < -0.39 is 6.04 Å². The van der Waals surface area contributed by atoms with Gasteiger partial charge < -0.3 is 5.73 Å². The van der Waals surface area contributed by atoms with Gasteiger partial charge in [0.1, 0.15) is 11.0 Å². The van der Waals surface area contributed by atoms with Crippen molar-refractivity contribution >= 4 is 33.7 Å². The predicted octanol–water partition coefficient (Wildman–Crippen LogP) is 2.44. The lowest BCUT2D eigenvalue weighted by molar-refractivity contribution is -0.117. The average molecular weight is 296 g/mol. The minimum Gasteiger partial charge on any atom is -0.316 e. The molecular weight excluding hydrogens is 280 g/mol. The normalized spacial score (nSPS) is 12.6. The molecule has 19 heavy (non-hydrogen) atoms. The first-order chi connectivity index (χ1) is 9.06. The number of aromatic nitrogens is 2. The van der Waals surface area contributed by atoms with E-state index in [0.717, 1.165) is 16.3 Å². The van der Waals surface area contributed by atoms with Gasteiger partial charge in [0, 0.05) is 11.3 Å². The molecule has 0 bridgehead atoms. The molecule has 1 atom stereocenters. The molecule has 0 aromatic carbocycles. The molecule has 1 unspecified atom stereocenters. The number of nitrogens with two attached hydrogens (primary N) is 1. The molecule has 0 aliphatic heterocycles. The van der Waals surface area contributed by atoms with Crippen molar-refractivity contribution in [2.24, 2.45) is 11.7 Å². The summed E-state index contributed by atoms with van der Waals surface area (Å²) in [6.07, 6.45) is 0.866.